The summed E-state index contributed by atoms with van der Waals surface area (Å²) in [5.41, 5.74) is 0.980. The molecule has 1 saturated heterocycles. The predicted octanol–water partition coefficient (Wildman–Crippen LogP) is 2.49. The van der Waals surface area contributed by atoms with Gasteiger partial charge in [0.2, 0.25) is 5.91 Å². The van der Waals surface area contributed by atoms with Crippen molar-refractivity contribution in [3.8, 4) is 0 Å². The lowest BCUT2D eigenvalue weighted by Gasteiger charge is -2.32. The second kappa shape index (κ2) is 6.13. The molecular formula is C15H17N3OS. The van der Waals surface area contributed by atoms with E-state index in [1.54, 1.807) is 23.7 Å². The van der Waals surface area contributed by atoms with Gasteiger partial charge < -0.3 is 4.90 Å². The molecule has 104 valence electrons. The minimum Gasteiger partial charge on any atom is -0.342 e. The number of aromatic nitrogens is 2. The fourth-order valence-electron chi connectivity index (χ4n) is 2.63. The minimum absolute atomic E-state index is 0.194. The van der Waals surface area contributed by atoms with Gasteiger partial charge in [0.05, 0.1) is 11.4 Å². The number of likely N-dealkylation sites (tertiary alicyclic amines) is 1. The van der Waals surface area contributed by atoms with Crippen molar-refractivity contribution in [2.75, 3.05) is 13.1 Å². The molecule has 0 radical (unpaired) electrons. The zero-order valence-electron chi connectivity index (χ0n) is 11.2. The van der Waals surface area contributed by atoms with Crippen LogP contribution in [0.4, 0.5) is 0 Å². The van der Waals surface area contributed by atoms with E-state index in [4.69, 9.17) is 0 Å². The fourth-order valence-corrected chi connectivity index (χ4v) is 3.40. The van der Waals surface area contributed by atoms with Crippen molar-refractivity contribution < 1.29 is 4.79 Å². The maximum atomic E-state index is 12.4. The number of amides is 1. The van der Waals surface area contributed by atoms with Gasteiger partial charge in [-0.1, -0.05) is 6.07 Å². The van der Waals surface area contributed by atoms with Gasteiger partial charge in [-0.3, -0.25) is 9.78 Å². The van der Waals surface area contributed by atoms with Crippen molar-refractivity contribution in [2.24, 2.45) is 0 Å². The maximum Gasteiger partial charge on any atom is 0.227 e. The Labute approximate surface area is 122 Å². The molecule has 0 N–H and O–H groups in total. The summed E-state index contributed by atoms with van der Waals surface area (Å²) in [6.07, 6.45) is 7.97. The lowest BCUT2D eigenvalue weighted by Crippen LogP contribution is -2.39. The Morgan fingerprint density at radius 3 is 3.15 bits per heavy atom. The number of hydrogen-bond acceptors (Lipinski definition) is 4. The first-order valence-electron chi connectivity index (χ1n) is 6.89. The van der Waals surface area contributed by atoms with Crippen LogP contribution in [0.25, 0.3) is 0 Å². The van der Waals surface area contributed by atoms with Crippen molar-refractivity contribution >= 4 is 17.2 Å². The van der Waals surface area contributed by atoms with E-state index in [1.807, 2.05) is 28.6 Å². The summed E-state index contributed by atoms with van der Waals surface area (Å²) in [5.74, 6) is 0.598. The Hall–Kier alpha value is -1.75. The average Bonchev–Trinajstić information content (AvgIpc) is 3.03. The van der Waals surface area contributed by atoms with Gasteiger partial charge in [0.25, 0.3) is 0 Å². The monoisotopic (exact) mass is 287 g/mol. The van der Waals surface area contributed by atoms with Gasteiger partial charge in [0.15, 0.2) is 0 Å². The van der Waals surface area contributed by atoms with Crippen LogP contribution in [0.2, 0.25) is 0 Å². The molecule has 20 heavy (non-hydrogen) atoms. The Morgan fingerprint density at radius 2 is 2.40 bits per heavy atom. The molecule has 3 rings (SSSR count). The Bertz CT molecular complexity index is 556. The number of hydrogen-bond donors (Lipinski definition) is 0. The summed E-state index contributed by atoms with van der Waals surface area (Å²) in [7, 11) is 0. The van der Waals surface area contributed by atoms with Crippen molar-refractivity contribution in [1.29, 1.82) is 0 Å². The van der Waals surface area contributed by atoms with E-state index in [0.29, 0.717) is 12.3 Å². The standard InChI is InChI=1S/C15H17N3OS/c19-14(9-12-3-1-5-16-10-12)18-7-2-4-13(11-18)15-17-6-8-20-15/h1,3,5-6,8,10,13H,2,4,7,9,11H2/t13-/m1/s1. The van der Waals surface area contributed by atoms with Gasteiger partial charge in [-0.15, -0.1) is 11.3 Å². The predicted molar refractivity (Wildman–Crippen MR) is 78.6 cm³/mol. The van der Waals surface area contributed by atoms with Crippen molar-refractivity contribution in [3.63, 3.8) is 0 Å². The second-order valence-electron chi connectivity index (χ2n) is 5.09. The molecule has 0 aliphatic carbocycles. The summed E-state index contributed by atoms with van der Waals surface area (Å²) in [5, 5.41) is 3.16. The summed E-state index contributed by atoms with van der Waals surface area (Å²) in [4.78, 5) is 22.8. The Morgan fingerprint density at radius 1 is 1.45 bits per heavy atom. The minimum atomic E-state index is 0.194. The third-order valence-electron chi connectivity index (χ3n) is 3.65. The van der Waals surface area contributed by atoms with E-state index < -0.39 is 0 Å². The maximum absolute atomic E-state index is 12.4. The molecule has 1 fully saturated rings. The van der Waals surface area contributed by atoms with Crippen LogP contribution in [0, 0.1) is 0 Å². The van der Waals surface area contributed by atoms with Crippen molar-refractivity contribution in [3.05, 3.63) is 46.7 Å². The van der Waals surface area contributed by atoms with Gasteiger partial charge in [-0.25, -0.2) is 4.98 Å². The highest BCUT2D eigenvalue weighted by Gasteiger charge is 2.26. The van der Waals surface area contributed by atoms with Crippen LogP contribution < -0.4 is 0 Å². The third-order valence-corrected chi connectivity index (χ3v) is 4.59. The zero-order chi connectivity index (χ0) is 13.8. The molecule has 1 amide bonds. The molecule has 4 nitrogen and oxygen atoms in total. The van der Waals surface area contributed by atoms with Gasteiger partial charge in [-0.2, -0.15) is 0 Å². The van der Waals surface area contributed by atoms with E-state index in [9.17, 15) is 4.79 Å². The number of rotatable bonds is 3. The number of thiazole rings is 1. The van der Waals surface area contributed by atoms with Crippen LogP contribution >= 0.6 is 11.3 Å². The lowest BCUT2D eigenvalue weighted by atomic mass is 9.98. The molecule has 5 heteroatoms. The number of carbonyl (C=O) groups is 1. The number of piperidine rings is 1. The highest BCUT2D eigenvalue weighted by Crippen LogP contribution is 2.28. The SMILES string of the molecule is O=C(Cc1cccnc1)N1CCC[C@@H](c2nccs2)C1. The molecule has 3 heterocycles. The topological polar surface area (TPSA) is 46.1 Å². The third kappa shape index (κ3) is 3.04. The molecule has 0 spiro atoms. The summed E-state index contributed by atoms with van der Waals surface area (Å²) >= 11 is 1.69. The quantitative estimate of drug-likeness (QED) is 0.871. The zero-order valence-corrected chi connectivity index (χ0v) is 12.1. The first-order valence-corrected chi connectivity index (χ1v) is 7.77. The Balaban J connectivity index is 1.63. The van der Waals surface area contributed by atoms with E-state index in [2.05, 4.69) is 9.97 Å². The summed E-state index contributed by atoms with van der Waals surface area (Å²) < 4.78 is 0. The normalized spacial score (nSPS) is 19.0. The molecule has 1 aliphatic heterocycles. The van der Waals surface area contributed by atoms with Gasteiger partial charge in [-0.05, 0) is 24.5 Å². The van der Waals surface area contributed by atoms with Gasteiger partial charge in [0, 0.05) is 43.0 Å². The summed E-state index contributed by atoms with van der Waals surface area (Å²) in [6.45, 7) is 1.66. The number of carbonyl (C=O) groups excluding carboxylic acids is 1. The smallest absolute Gasteiger partial charge is 0.227 e. The van der Waals surface area contributed by atoms with E-state index in [0.717, 1.165) is 36.5 Å². The highest BCUT2D eigenvalue weighted by atomic mass is 32.1. The first kappa shape index (κ1) is 13.2. The highest BCUT2D eigenvalue weighted by molar-refractivity contribution is 7.09. The van der Waals surface area contributed by atoms with Crippen LogP contribution in [0.15, 0.2) is 36.1 Å². The molecular weight excluding hydrogens is 270 g/mol. The van der Waals surface area contributed by atoms with Crippen LogP contribution in [-0.2, 0) is 11.2 Å². The molecule has 0 unspecified atom stereocenters. The van der Waals surface area contributed by atoms with Crippen molar-refractivity contribution in [1.82, 2.24) is 14.9 Å². The van der Waals surface area contributed by atoms with Crippen LogP contribution in [0.3, 0.4) is 0 Å². The molecule has 0 bridgehead atoms. The lowest BCUT2D eigenvalue weighted by molar-refractivity contribution is -0.131. The van der Waals surface area contributed by atoms with Crippen molar-refractivity contribution in [2.45, 2.75) is 25.2 Å². The molecule has 1 aliphatic rings. The largest absolute Gasteiger partial charge is 0.342 e. The first-order chi connectivity index (χ1) is 9.83. The number of pyridine rings is 1. The van der Waals surface area contributed by atoms with Crippen LogP contribution in [-0.4, -0.2) is 33.9 Å². The molecule has 1 atom stereocenters. The van der Waals surface area contributed by atoms with Crippen LogP contribution in [0.1, 0.15) is 29.3 Å². The molecule has 0 aromatic carbocycles. The van der Waals surface area contributed by atoms with Crippen LogP contribution in [0.5, 0.6) is 0 Å². The van der Waals surface area contributed by atoms with E-state index in [-0.39, 0.29) is 5.91 Å². The molecule has 0 saturated carbocycles. The summed E-state index contributed by atoms with van der Waals surface area (Å²) in [6, 6.07) is 3.82. The fraction of sp³-hybridized carbons (Fsp3) is 0.400. The van der Waals surface area contributed by atoms with E-state index >= 15 is 0 Å². The van der Waals surface area contributed by atoms with Gasteiger partial charge >= 0.3 is 0 Å². The average molecular weight is 287 g/mol. The number of nitrogens with zero attached hydrogens (tertiary/aromatic N) is 3. The molecule has 2 aromatic heterocycles. The second-order valence-corrected chi connectivity index (χ2v) is 6.01. The van der Waals surface area contributed by atoms with Gasteiger partial charge in [0.1, 0.15) is 0 Å². The Kier molecular flexibility index (Phi) is 4.06. The van der Waals surface area contributed by atoms with E-state index in [1.165, 1.54) is 0 Å². The molecule has 2 aromatic rings.